The summed E-state index contributed by atoms with van der Waals surface area (Å²) in [5, 5.41) is 15.8. The van der Waals surface area contributed by atoms with Gasteiger partial charge in [0.25, 0.3) is 0 Å². The number of hydrogen-bond donors (Lipinski definition) is 2. The summed E-state index contributed by atoms with van der Waals surface area (Å²) in [6, 6.07) is 5.58. The molecule has 128 valence electrons. The van der Waals surface area contributed by atoms with Crippen LogP contribution in [0.15, 0.2) is 29.6 Å². The van der Waals surface area contributed by atoms with Crippen molar-refractivity contribution in [3.63, 3.8) is 0 Å². The molecule has 2 amide bonds. The minimum atomic E-state index is -0.602. The van der Waals surface area contributed by atoms with Gasteiger partial charge in [0.15, 0.2) is 0 Å². The third kappa shape index (κ3) is 3.73. The van der Waals surface area contributed by atoms with Crippen LogP contribution >= 0.6 is 11.3 Å². The lowest BCUT2D eigenvalue weighted by atomic mass is 10.0. The first-order chi connectivity index (χ1) is 11.6. The Hall–Kier alpha value is -1.99. The molecular weight excluding hydrogens is 329 g/mol. The Balaban J connectivity index is 1.67. The molecule has 1 saturated heterocycles. The number of rotatable bonds is 4. The number of halogens is 1. The molecule has 2 heterocycles. The van der Waals surface area contributed by atoms with Crippen molar-refractivity contribution < 1.29 is 14.3 Å². The Morgan fingerprint density at radius 1 is 1.54 bits per heavy atom. The fourth-order valence-corrected chi connectivity index (χ4v) is 3.67. The van der Waals surface area contributed by atoms with Crippen molar-refractivity contribution in [2.24, 2.45) is 0 Å². The first kappa shape index (κ1) is 16.9. The molecule has 1 aliphatic heterocycles. The maximum absolute atomic E-state index is 13.5. The quantitative estimate of drug-likeness (QED) is 0.892. The van der Waals surface area contributed by atoms with Gasteiger partial charge in [0.2, 0.25) is 0 Å². The van der Waals surface area contributed by atoms with Crippen molar-refractivity contribution in [2.75, 3.05) is 6.54 Å². The van der Waals surface area contributed by atoms with E-state index in [-0.39, 0.29) is 24.4 Å². The Morgan fingerprint density at radius 3 is 3.08 bits per heavy atom. The zero-order valence-electron chi connectivity index (χ0n) is 13.4. The Kier molecular flexibility index (Phi) is 5.11. The number of aliphatic hydroxyl groups excluding tert-OH is 1. The molecule has 2 N–H and O–H groups in total. The molecule has 2 atom stereocenters. The number of aryl methyl sites for hydroxylation is 1. The lowest BCUT2D eigenvalue weighted by Crippen LogP contribution is -2.40. The van der Waals surface area contributed by atoms with E-state index in [1.165, 1.54) is 12.1 Å². The molecule has 7 heteroatoms. The average molecular weight is 349 g/mol. The minimum absolute atomic E-state index is 0.240. The van der Waals surface area contributed by atoms with E-state index in [1.54, 1.807) is 28.4 Å². The van der Waals surface area contributed by atoms with E-state index in [4.69, 9.17) is 0 Å². The molecule has 2 aromatic rings. The number of likely N-dealkylation sites (tertiary alicyclic amines) is 1. The fraction of sp³-hybridized carbons (Fsp3) is 0.412. The zero-order chi connectivity index (χ0) is 17.1. The van der Waals surface area contributed by atoms with E-state index in [2.05, 4.69) is 10.3 Å². The number of benzene rings is 1. The van der Waals surface area contributed by atoms with Crippen molar-refractivity contribution >= 4 is 17.4 Å². The highest BCUT2D eigenvalue weighted by Crippen LogP contribution is 2.32. The normalized spacial score (nSPS) is 20.4. The lowest BCUT2D eigenvalue weighted by molar-refractivity contribution is 0.169. The third-order valence-electron chi connectivity index (χ3n) is 4.10. The molecule has 1 aromatic heterocycles. The predicted molar refractivity (Wildman–Crippen MR) is 90.2 cm³/mol. The van der Waals surface area contributed by atoms with Crippen LogP contribution in [-0.2, 0) is 13.0 Å². The van der Waals surface area contributed by atoms with E-state index in [0.29, 0.717) is 18.5 Å². The molecule has 0 radical (unpaired) electrons. The standard InChI is InChI=1S/C17H20FN3O2S/c1-2-16-20-13(10-24-16)8-19-17(23)21-9-14(22)7-15(21)11-4-3-5-12(18)6-11/h3-6,10,14-15,22H,2,7-9H2,1H3,(H,19,23)/t14-,15-/m1/s1. The lowest BCUT2D eigenvalue weighted by Gasteiger charge is -2.25. The fourth-order valence-electron chi connectivity index (χ4n) is 2.93. The molecule has 0 bridgehead atoms. The predicted octanol–water partition coefficient (Wildman–Crippen LogP) is 2.86. The van der Waals surface area contributed by atoms with Crippen LogP contribution in [0.3, 0.4) is 0 Å². The summed E-state index contributed by atoms with van der Waals surface area (Å²) in [4.78, 5) is 18.5. The maximum atomic E-state index is 13.5. The van der Waals surface area contributed by atoms with Crippen LogP contribution in [0.1, 0.15) is 35.7 Å². The van der Waals surface area contributed by atoms with Gasteiger partial charge in [-0.2, -0.15) is 0 Å². The number of urea groups is 1. The number of nitrogens with one attached hydrogen (secondary N) is 1. The molecule has 24 heavy (non-hydrogen) atoms. The molecule has 1 fully saturated rings. The van der Waals surface area contributed by atoms with Gasteiger partial charge in [0.05, 0.1) is 29.4 Å². The second-order valence-corrected chi connectivity index (χ2v) is 6.80. The summed E-state index contributed by atoms with van der Waals surface area (Å²) in [6.45, 7) is 2.62. The molecule has 0 spiro atoms. The molecule has 0 aliphatic carbocycles. The second kappa shape index (κ2) is 7.27. The van der Waals surface area contributed by atoms with Crippen LogP contribution in [0.2, 0.25) is 0 Å². The van der Waals surface area contributed by atoms with Gasteiger partial charge < -0.3 is 15.3 Å². The van der Waals surface area contributed by atoms with E-state index in [0.717, 1.165) is 17.1 Å². The molecule has 5 nitrogen and oxygen atoms in total. The molecule has 0 unspecified atom stereocenters. The van der Waals surface area contributed by atoms with Gasteiger partial charge in [-0.15, -0.1) is 11.3 Å². The number of carbonyl (C=O) groups excluding carboxylic acids is 1. The van der Waals surface area contributed by atoms with Gasteiger partial charge in [-0.3, -0.25) is 0 Å². The van der Waals surface area contributed by atoms with E-state index in [9.17, 15) is 14.3 Å². The Bertz CT molecular complexity index is 721. The molecular formula is C17H20FN3O2S. The van der Waals surface area contributed by atoms with Gasteiger partial charge in [0.1, 0.15) is 5.82 Å². The first-order valence-corrected chi connectivity index (χ1v) is 8.86. The smallest absolute Gasteiger partial charge is 0.318 e. The monoisotopic (exact) mass is 349 g/mol. The third-order valence-corrected chi connectivity index (χ3v) is 5.14. The van der Waals surface area contributed by atoms with Gasteiger partial charge in [-0.05, 0) is 30.5 Å². The summed E-state index contributed by atoms with van der Waals surface area (Å²) in [6.07, 6.45) is 0.682. The van der Waals surface area contributed by atoms with Gasteiger partial charge >= 0.3 is 6.03 Å². The summed E-state index contributed by atoms with van der Waals surface area (Å²) in [5.74, 6) is -0.344. The minimum Gasteiger partial charge on any atom is -0.391 e. The maximum Gasteiger partial charge on any atom is 0.318 e. The van der Waals surface area contributed by atoms with Crippen molar-refractivity contribution in [2.45, 2.75) is 38.5 Å². The summed E-state index contributed by atoms with van der Waals surface area (Å²) >= 11 is 1.58. The molecule has 3 rings (SSSR count). The van der Waals surface area contributed by atoms with Crippen molar-refractivity contribution in [3.05, 3.63) is 51.7 Å². The molecule has 1 aromatic carbocycles. The van der Waals surface area contributed by atoms with Crippen LogP contribution < -0.4 is 5.32 Å². The molecule has 0 saturated carbocycles. The highest BCUT2D eigenvalue weighted by Gasteiger charge is 2.35. The largest absolute Gasteiger partial charge is 0.391 e. The van der Waals surface area contributed by atoms with Crippen molar-refractivity contribution in [3.8, 4) is 0 Å². The molecule has 1 aliphatic rings. The second-order valence-electron chi connectivity index (χ2n) is 5.86. The van der Waals surface area contributed by atoms with E-state index < -0.39 is 6.10 Å². The van der Waals surface area contributed by atoms with Gasteiger partial charge in [-0.25, -0.2) is 14.2 Å². The number of amides is 2. The average Bonchev–Trinajstić information content (AvgIpc) is 3.19. The number of nitrogens with zero attached hydrogens (tertiary/aromatic N) is 2. The van der Waals surface area contributed by atoms with E-state index >= 15 is 0 Å². The number of aliphatic hydroxyl groups is 1. The number of β-amino-alcohol motifs (C(OH)–C–C–N with tert-alkyl or cyclic N) is 1. The summed E-state index contributed by atoms with van der Waals surface area (Å²) in [7, 11) is 0. The van der Waals surface area contributed by atoms with Crippen LogP contribution in [0, 0.1) is 5.82 Å². The van der Waals surface area contributed by atoms with Crippen molar-refractivity contribution in [1.29, 1.82) is 0 Å². The Labute approximate surface area is 144 Å². The number of carbonyl (C=O) groups is 1. The van der Waals surface area contributed by atoms with Gasteiger partial charge in [0, 0.05) is 11.9 Å². The van der Waals surface area contributed by atoms with Crippen LogP contribution in [0.4, 0.5) is 9.18 Å². The summed E-state index contributed by atoms with van der Waals surface area (Å²) < 4.78 is 13.5. The highest BCUT2D eigenvalue weighted by atomic mass is 32.1. The zero-order valence-corrected chi connectivity index (χ0v) is 14.2. The number of hydrogen-bond acceptors (Lipinski definition) is 4. The topological polar surface area (TPSA) is 65.5 Å². The van der Waals surface area contributed by atoms with Crippen LogP contribution in [-0.4, -0.2) is 33.7 Å². The highest BCUT2D eigenvalue weighted by molar-refractivity contribution is 7.09. The van der Waals surface area contributed by atoms with E-state index in [1.807, 2.05) is 12.3 Å². The Morgan fingerprint density at radius 2 is 2.38 bits per heavy atom. The van der Waals surface area contributed by atoms with Crippen LogP contribution in [0.25, 0.3) is 0 Å². The SMILES string of the molecule is CCc1nc(CNC(=O)N2C[C@H](O)C[C@@H]2c2cccc(F)c2)cs1. The summed E-state index contributed by atoms with van der Waals surface area (Å²) in [5.41, 5.74) is 1.52. The number of thiazole rings is 1. The van der Waals surface area contributed by atoms with Crippen molar-refractivity contribution in [1.82, 2.24) is 15.2 Å². The first-order valence-electron chi connectivity index (χ1n) is 7.98. The number of aromatic nitrogens is 1. The van der Waals surface area contributed by atoms with Crippen LogP contribution in [0.5, 0.6) is 0 Å². The van der Waals surface area contributed by atoms with Gasteiger partial charge in [-0.1, -0.05) is 19.1 Å².